The van der Waals surface area contributed by atoms with Crippen molar-refractivity contribution >= 4 is 34.2 Å². The van der Waals surface area contributed by atoms with Crippen LogP contribution in [0.25, 0.3) is 22.0 Å². The van der Waals surface area contributed by atoms with Crippen LogP contribution in [0, 0.1) is 23.2 Å². The number of hydrogen-bond donors (Lipinski definition) is 1. The number of anilines is 1. The van der Waals surface area contributed by atoms with E-state index in [2.05, 4.69) is 33.5 Å². The molecule has 1 aromatic carbocycles. The Morgan fingerprint density at radius 2 is 2.22 bits per heavy atom. The monoisotopic (exact) mass is 377 g/mol. The first-order valence-electron chi connectivity index (χ1n) is 8.71. The van der Waals surface area contributed by atoms with Crippen LogP contribution in [-0.4, -0.2) is 21.1 Å². The predicted octanol–water partition coefficient (Wildman–Crippen LogP) is 4.01. The highest BCUT2D eigenvalue weighted by Crippen LogP contribution is 2.38. The number of nitrogens with one attached hydrogen (secondary N) is 1. The van der Waals surface area contributed by atoms with Gasteiger partial charge in [-0.1, -0.05) is 18.5 Å². The molecule has 0 spiro atoms. The number of aryl methyl sites for hydroxylation is 1. The highest BCUT2D eigenvalue weighted by molar-refractivity contribution is 6.35. The summed E-state index contributed by atoms with van der Waals surface area (Å²) in [5.41, 5.74) is 3.70. The van der Waals surface area contributed by atoms with Gasteiger partial charge >= 0.3 is 0 Å². The lowest BCUT2D eigenvalue weighted by Crippen LogP contribution is -2.15. The molecule has 0 aliphatic heterocycles. The van der Waals surface area contributed by atoms with Crippen molar-refractivity contribution in [3.63, 3.8) is 0 Å². The smallest absolute Gasteiger partial charge is 0.230 e. The third-order valence-electron chi connectivity index (χ3n) is 4.79. The number of carbonyl (C=O) groups excluding carboxylic acids is 1. The van der Waals surface area contributed by atoms with Gasteiger partial charge in [-0.15, -0.1) is 10.2 Å². The van der Waals surface area contributed by atoms with Crippen molar-refractivity contribution in [3.8, 4) is 17.2 Å². The zero-order valence-corrected chi connectivity index (χ0v) is 15.4. The second-order valence-electron chi connectivity index (χ2n) is 6.58. The van der Waals surface area contributed by atoms with Crippen LogP contribution in [0.5, 0.6) is 0 Å². The number of nitrogens with zero attached hydrogens (tertiary/aromatic N) is 4. The van der Waals surface area contributed by atoms with Crippen LogP contribution in [0.2, 0.25) is 5.02 Å². The van der Waals surface area contributed by atoms with E-state index < -0.39 is 0 Å². The van der Waals surface area contributed by atoms with Gasteiger partial charge in [0.2, 0.25) is 5.91 Å². The minimum Gasteiger partial charge on any atom is -0.309 e. The van der Waals surface area contributed by atoms with Crippen LogP contribution in [-0.2, 0) is 11.2 Å². The molecule has 3 aromatic rings. The van der Waals surface area contributed by atoms with Crippen LogP contribution in [0.3, 0.4) is 0 Å². The van der Waals surface area contributed by atoms with Crippen molar-refractivity contribution in [1.29, 1.82) is 5.26 Å². The average Bonchev–Trinajstić information content (AvgIpc) is 3.47. The number of benzene rings is 1. The van der Waals surface area contributed by atoms with Crippen molar-refractivity contribution in [3.05, 3.63) is 47.2 Å². The Morgan fingerprint density at radius 3 is 2.96 bits per heavy atom. The second-order valence-corrected chi connectivity index (χ2v) is 6.99. The summed E-state index contributed by atoms with van der Waals surface area (Å²) >= 11 is 6.42. The number of pyridine rings is 1. The van der Waals surface area contributed by atoms with Gasteiger partial charge in [0.05, 0.1) is 22.9 Å². The number of fused-ring (bicyclic) bond motifs is 1. The predicted molar refractivity (Wildman–Crippen MR) is 103 cm³/mol. The number of amides is 1. The molecule has 1 aliphatic carbocycles. The molecule has 0 bridgehead atoms. The lowest BCUT2D eigenvalue weighted by molar-refractivity contribution is -0.117. The second kappa shape index (κ2) is 6.93. The number of hydrogen-bond acceptors (Lipinski definition) is 5. The number of halogens is 1. The standard InChI is InChI=1S/C20H16ClN5O/c1-2-11-3-4-23-10-16(11)12-5-13-8-18(25-26-19(13)17(21)7-12)24-20(27)15-6-14(15)9-22/h3-5,7-8,10,14-15H,2,6H2,1H3,(H,24,25,27). The van der Waals surface area contributed by atoms with Crippen LogP contribution < -0.4 is 5.32 Å². The normalized spacial score (nSPS) is 18.1. The van der Waals surface area contributed by atoms with Crippen LogP contribution in [0.1, 0.15) is 18.9 Å². The number of nitriles is 1. The lowest BCUT2D eigenvalue weighted by atomic mass is 9.99. The Bertz CT molecular complexity index is 1090. The van der Waals surface area contributed by atoms with E-state index in [9.17, 15) is 4.79 Å². The molecule has 134 valence electrons. The molecule has 2 heterocycles. The highest BCUT2D eigenvalue weighted by Gasteiger charge is 2.43. The third kappa shape index (κ3) is 3.34. The molecular weight excluding hydrogens is 362 g/mol. The molecule has 0 radical (unpaired) electrons. The molecule has 1 saturated carbocycles. The van der Waals surface area contributed by atoms with Crippen LogP contribution >= 0.6 is 11.6 Å². The minimum atomic E-state index is -0.259. The first-order valence-corrected chi connectivity index (χ1v) is 9.09. The molecule has 6 nitrogen and oxygen atoms in total. The topological polar surface area (TPSA) is 91.6 Å². The summed E-state index contributed by atoms with van der Waals surface area (Å²) < 4.78 is 0. The summed E-state index contributed by atoms with van der Waals surface area (Å²) in [7, 11) is 0. The van der Waals surface area contributed by atoms with Gasteiger partial charge in [0.15, 0.2) is 5.82 Å². The Labute approximate surface area is 161 Å². The lowest BCUT2D eigenvalue weighted by Gasteiger charge is -2.10. The van der Waals surface area contributed by atoms with E-state index in [0.29, 0.717) is 22.8 Å². The summed E-state index contributed by atoms with van der Waals surface area (Å²) in [6.45, 7) is 2.09. The minimum absolute atomic E-state index is 0.196. The fourth-order valence-corrected chi connectivity index (χ4v) is 3.43. The van der Waals surface area contributed by atoms with Crippen molar-refractivity contribution in [2.24, 2.45) is 11.8 Å². The molecule has 0 saturated heterocycles. The summed E-state index contributed by atoms with van der Waals surface area (Å²) in [4.78, 5) is 16.4. The molecule has 2 aromatic heterocycles. The average molecular weight is 378 g/mol. The third-order valence-corrected chi connectivity index (χ3v) is 5.08. The van der Waals surface area contributed by atoms with Gasteiger partial charge in [0.25, 0.3) is 0 Å². The first kappa shape index (κ1) is 17.4. The largest absolute Gasteiger partial charge is 0.309 e. The zero-order chi connectivity index (χ0) is 19.0. The van der Waals surface area contributed by atoms with Gasteiger partial charge in [-0.25, -0.2) is 0 Å². The molecule has 1 amide bonds. The Hall–Kier alpha value is -3.04. The summed E-state index contributed by atoms with van der Waals surface area (Å²) in [6, 6.07) is 9.68. The van der Waals surface area contributed by atoms with Crippen molar-refractivity contribution < 1.29 is 4.79 Å². The van der Waals surface area contributed by atoms with Gasteiger partial charge in [-0.05, 0) is 48.2 Å². The van der Waals surface area contributed by atoms with Gasteiger partial charge < -0.3 is 5.32 Å². The molecule has 2 unspecified atom stereocenters. The van der Waals surface area contributed by atoms with E-state index in [0.717, 1.165) is 22.9 Å². The molecule has 2 atom stereocenters. The van der Waals surface area contributed by atoms with E-state index in [4.69, 9.17) is 16.9 Å². The van der Waals surface area contributed by atoms with E-state index in [1.54, 1.807) is 12.3 Å². The highest BCUT2D eigenvalue weighted by atomic mass is 35.5. The van der Waals surface area contributed by atoms with E-state index in [1.807, 2.05) is 24.4 Å². The molecule has 7 heteroatoms. The van der Waals surface area contributed by atoms with Gasteiger partial charge in [0, 0.05) is 23.3 Å². The van der Waals surface area contributed by atoms with Crippen LogP contribution in [0.15, 0.2) is 36.7 Å². The molecular formula is C20H16ClN5O. The molecule has 1 aliphatic rings. The summed E-state index contributed by atoms with van der Waals surface area (Å²) in [6.07, 6.45) is 5.07. The van der Waals surface area contributed by atoms with Gasteiger partial charge in [-0.2, -0.15) is 5.26 Å². The Kier molecular flexibility index (Phi) is 4.46. The Balaban J connectivity index is 1.70. The zero-order valence-electron chi connectivity index (χ0n) is 14.6. The molecule has 4 rings (SSSR count). The summed E-state index contributed by atoms with van der Waals surface area (Å²) in [5, 5.41) is 21.1. The SMILES string of the molecule is CCc1ccncc1-c1cc(Cl)c2nnc(NC(=O)C3CC3C#N)cc2c1. The van der Waals surface area contributed by atoms with E-state index in [-0.39, 0.29) is 17.7 Å². The fourth-order valence-electron chi connectivity index (χ4n) is 3.17. The summed E-state index contributed by atoms with van der Waals surface area (Å²) in [5.74, 6) is -0.299. The van der Waals surface area contributed by atoms with Crippen molar-refractivity contribution in [2.45, 2.75) is 19.8 Å². The molecule has 1 N–H and O–H groups in total. The maximum absolute atomic E-state index is 12.2. The quantitative estimate of drug-likeness (QED) is 0.741. The maximum Gasteiger partial charge on any atom is 0.230 e. The Morgan fingerprint density at radius 1 is 1.37 bits per heavy atom. The van der Waals surface area contributed by atoms with E-state index >= 15 is 0 Å². The van der Waals surface area contributed by atoms with Crippen molar-refractivity contribution in [2.75, 3.05) is 5.32 Å². The van der Waals surface area contributed by atoms with Gasteiger partial charge in [0.1, 0.15) is 5.52 Å². The van der Waals surface area contributed by atoms with Crippen molar-refractivity contribution in [1.82, 2.24) is 15.2 Å². The molecule has 1 fully saturated rings. The number of carbonyl (C=O) groups is 1. The number of rotatable bonds is 4. The van der Waals surface area contributed by atoms with Crippen LogP contribution in [0.4, 0.5) is 5.82 Å². The molecule has 27 heavy (non-hydrogen) atoms. The maximum atomic E-state index is 12.2. The number of aromatic nitrogens is 3. The fraction of sp³-hybridized carbons (Fsp3) is 0.250. The van der Waals surface area contributed by atoms with Gasteiger partial charge in [-0.3, -0.25) is 9.78 Å². The first-order chi connectivity index (χ1) is 13.1. The van der Waals surface area contributed by atoms with E-state index in [1.165, 1.54) is 5.56 Å².